The number of hydrogen-bond donors (Lipinski definition) is 1. The summed E-state index contributed by atoms with van der Waals surface area (Å²) in [5.41, 5.74) is -0.613. The fourth-order valence-electron chi connectivity index (χ4n) is 4.21. The van der Waals surface area contributed by atoms with Crippen molar-refractivity contribution >= 4 is 55.4 Å². The van der Waals surface area contributed by atoms with Crippen molar-refractivity contribution < 1.29 is 13.9 Å². The van der Waals surface area contributed by atoms with Gasteiger partial charge >= 0.3 is 6.09 Å². The number of carbonyl (C=O) groups is 1. The number of ether oxygens (including phenoxy) is 1. The van der Waals surface area contributed by atoms with Gasteiger partial charge in [-0.3, -0.25) is 4.90 Å². The Kier molecular flexibility index (Phi) is 5.88. The van der Waals surface area contributed by atoms with Gasteiger partial charge in [0.05, 0.1) is 17.6 Å². The lowest BCUT2D eigenvalue weighted by Crippen LogP contribution is -2.48. The van der Waals surface area contributed by atoms with Crippen LogP contribution in [0.5, 0.6) is 0 Å². The Morgan fingerprint density at radius 1 is 1.31 bits per heavy atom. The van der Waals surface area contributed by atoms with Gasteiger partial charge in [0.25, 0.3) is 0 Å². The fraction of sp³-hybridized carbons (Fsp3) is 0.619. The van der Waals surface area contributed by atoms with E-state index in [9.17, 15) is 9.18 Å². The Hall–Kier alpha value is -1.25. The van der Waals surface area contributed by atoms with E-state index in [0.717, 1.165) is 19.3 Å². The molecule has 4 atom stereocenters. The summed E-state index contributed by atoms with van der Waals surface area (Å²) >= 11 is 9.29. The lowest BCUT2D eigenvalue weighted by Gasteiger charge is -2.29. The highest BCUT2D eigenvalue weighted by Gasteiger charge is 2.41. The zero-order valence-corrected chi connectivity index (χ0v) is 19.4. The molecular weight excluding hydrogens is 427 g/mol. The van der Waals surface area contributed by atoms with E-state index in [0.29, 0.717) is 10.9 Å². The number of carbonyl (C=O) groups excluding carboxylic acids is 1. The van der Waals surface area contributed by atoms with E-state index in [1.807, 2.05) is 32.1 Å². The monoisotopic (exact) mass is 454 g/mol. The second-order valence-electron chi connectivity index (χ2n) is 8.99. The van der Waals surface area contributed by atoms with Gasteiger partial charge in [0.1, 0.15) is 11.8 Å². The van der Waals surface area contributed by atoms with Gasteiger partial charge in [0, 0.05) is 26.7 Å². The number of nitrogens with one attached hydrogen (secondary N) is 1. The summed E-state index contributed by atoms with van der Waals surface area (Å²) in [5, 5.41) is 5.58. The van der Waals surface area contributed by atoms with Crippen molar-refractivity contribution in [2.24, 2.45) is 0 Å². The Balaban J connectivity index is 1.36. The maximum atomic E-state index is 14.1. The topological polar surface area (TPSA) is 41.6 Å². The average molecular weight is 455 g/mol. The second kappa shape index (κ2) is 8.12. The summed E-state index contributed by atoms with van der Waals surface area (Å²) in [6, 6.07) is 4.35. The molecule has 0 spiro atoms. The number of nitrogens with zero attached hydrogens (tertiary/aromatic N) is 1. The Morgan fingerprint density at radius 2 is 2.10 bits per heavy atom. The standard InChI is InChI=1S/C21H27FN2O2S3/c1-21(2,3)26-20(25)24-11-13(22)9-15(24)19(27)23-14-5-4-12(8-14)17-10-18-16(29-17)6-7-28-18/h6-7,10,12-15H,4-5,8-9,11H2,1-3H3,(H,23,27). The lowest BCUT2D eigenvalue weighted by atomic mass is 10.1. The summed E-state index contributed by atoms with van der Waals surface area (Å²) in [5.74, 6) is 0.541. The van der Waals surface area contributed by atoms with Crippen LogP contribution in [-0.4, -0.2) is 46.4 Å². The van der Waals surface area contributed by atoms with E-state index in [4.69, 9.17) is 17.0 Å². The molecule has 158 valence electrons. The average Bonchev–Trinajstić information content (AvgIpc) is 3.34. The van der Waals surface area contributed by atoms with Gasteiger partial charge < -0.3 is 10.1 Å². The van der Waals surface area contributed by atoms with Crippen molar-refractivity contribution in [1.29, 1.82) is 0 Å². The highest BCUT2D eigenvalue weighted by molar-refractivity contribution is 7.80. The van der Waals surface area contributed by atoms with Crippen molar-refractivity contribution in [3.05, 3.63) is 22.4 Å². The van der Waals surface area contributed by atoms with Gasteiger partial charge in [0.15, 0.2) is 0 Å². The van der Waals surface area contributed by atoms with Crippen LogP contribution in [0.15, 0.2) is 17.5 Å². The molecule has 29 heavy (non-hydrogen) atoms. The molecule has 1 aliphatic carbocycles. The summed E-state index contributed by atoms with van der Waals surface area (Å²) in [7, 11) is 0. The molecule has 1 saturated carbocycles. The predicted molar refractivity (Wildman–Crippen MR) is 122 cm³/mol. The first kappa shape index (κ1) is 21.0. The molecule has 0 radical (unpaired) electrons. The van der Waals surface area contributed by atoms with Crippen molar-refractivity contribution in [1.82, 2.24) is 10.2 Å². The van der Waals surface area contributed by atoms with Crippen LogP contribution in [0.4, 0.5) is 9.18 Å². The number of fused-ring (bicyclic) bond motifs is 1. The van der Waals surface area contributed by atoms with E-state index in [-0.39, 0.29) is 19.0 Å². The first-order valence-corrected chi connectivity index (χ1v) is 12.2. The third-order valence-corrected chi connectivity index (χ3v) is 8.17. The molecule has 2 aromatic rings. The highest BCUT2D eigenvalue weighted by Crippen LogP contribution is 2.41. The largest absolute Gasteiger partial charge is 0.444 e. The quantitative estimate of drug-likeness (QED) is 0.590. The molecule has 2 aromatic heterocycles. The first-order valence-electron chi connectivity index (χ1n) is 10.1. The molecule has 2 aliphatic rings. The number of likely N-dealkylation sites (tertiary alicyclic amines) is 1. The van der Waals surface area contributed by atoms with E-state index in [2.05, 4.69) is 22.8 Å². The van der Waals surface area contributed by atoms with Crippen LogP contribution < -0.4 is 5.32 Å². The van der Waals surface area contributed by atoms with E-state index < -0.39 is 23.9 Å². The number of halogens is 1. The van der Waals surface area contributed by atoms with E-state index in [1.165, 1.54) is 19.2 Å². The third-order valence-electron chi connectivity index (χ3n) is 5.52. The van der Waals surface area contributed by atoms with Crippen LogP contribution in [0.3, 0.4) is 0 Å². The van der Waals surface area contributed by atoms with Gasteiger partial charge in [-0.15, -0.1) is 22.7 Å². The molecule has 4 nitrogen and oxygen atoms in total. The second-order valence-corrected chi connectivity index (χ2v) is 11.5. The SMILES string of the molecule is CC(C)(C)OC(=O)N1CC(F)CC1C(=S)NC1CCC(c2cc3sccc3s2)C1. The number of thiophene rings is 2. The van der Waals surface area contributed by atoms with Crippen LogP contribution in [0.2, 0.25) is 0 Å². The lowest BCUT2D eigenvalue weighted by molar-refractivity contribution is 0.0255. The third kappa shape index (κ3) is 4.75. The minimum atomic E-state index is -1.07. The Labute approximate surface area is 184 Å². The molecule has 0 aromatic carbocycles. The normalized spacial score (nSPS) is 27.5. The molecule has 3 heterocycles. The zero-order valence-electron chi connectivity index (χ0n) is 16.9. The molecule has 4 rings (SSSR count). The molecule has 0 bridgehead atoms. The van der Waals surface area contributed by atoms with Crippen LogP contribution >= 0.6 is 34.9 Å². The molecule has 2 fully saturated rings. The predicted octanol–water partition coefficient (Wildman–Crippen LogP) is 5.86. The van der Waals surface area contributed by atoms with Gasteiger partial charge in [-0.1, -0.05) is 12.2 Å². The fourth-order valence-corrected chi connectivity index (χ4v) is 6.87. The molecular formula is C21H27FN2O2S3. The maximum absolute atomic E-state index is 14.1. The minimum Gasteiger partial charge on any atom is -0.444 e. The number of alkyl halides is 1. The van der Waals surface area contributed by atoms with Crippen LogP contribution in [0.1, 0.15) is 57.2 Å². The Morgan fingerprint density at radius 3 is 2.83 bits per heavy atom. The Bertz CT molecular complexity index is 875. The van der Waals surface area contributed by atoms with Crippen LogP contribution in [-0.2, 0) is 4.74 Å². The van der Waals surface area contributed by atoms with Gasteiger partial charge in [-0.25, -0.2) is 9.18 Å². The van der Waals surface area contributed by atoms with Gasteiger partial charge in [-0.2, -0.15) is 0 Å². The van der Waals surface area contributed by atoms with Crippen molar-refractivity contribution in [2.45, 2.75) is 76.2 Å². The number of amides is 1. The van der Waals surface area contributed by atoms with Crippen LogP contribution in [0, 0.1) is 0 Å². The maximum Gasteiger partial charge on any atom is 0.410 e. The molecule has 1 aliphatic heterocycles. The summed E-state index contributed by atoms with van der Waals surface area (Å²) in [6.07, 6.45) is 1.86. The highest BCUT2D eigenvalue weighted by atomic mass is 32.1. The molecule has 1 amide bonds. The number of rotatable bonds is 3. The van der Waals surface area contributed by atoms with Crippen LogP contribution in [0.25, 0.3) is 9.40 Å². The first-order chi connectivity index (χ1) is 13.7. The number of hydrogen-bond acceptors (Lipinski definition) is 5. The van der Waals surface area contributed by atoms with Crippen molar-refractivity contribution in [3.63, 3.8) is 0 Å². The summed E-state index contributed by atoms with van der Waals surface area (Å²) < 4.78 is 22.3. The summed E-state index contributed by atoms with van der Waals surface area (Å²) in [4.78, 5) is 16.0. The minimum absolute atomic E-state index is 0.0423. The molecule has 4 unspecified atom stereocenters. The van der Waals surface area contributed by atoms with E-state index >= 15 is 0 Å². The zero-order chi connectivity index (χ0) is 20.8. The van der Waals surface area contributed by atoms with E-state index in [1.54, 1.807) is 11.3 Å². The van der Waals surface area contributed by atoms with Crippen molar-refractivity contribution in [2.75, 3.05) is 6.54 Å². The molecule has 1 N–H and O–H groups in total. The van der Waals surface area contributed by atoms with Gasteiger partial charge in [-0.05, 0) is 63.5 Å². The summed E-state index contributed by atoms with van der Waals surface area (Å²) in [6.45, 7) is 5.48. The smallest absolute Gasteiger partial charge is 0.410 e. The molecule has 1 saturated heterocycles. The number of thiocarbonyl (C=S) groups is 1. The molecule has 8 heteroatoms. The van der Waals surface area contributed by atoms with Gasteiger partial charge in [0.2, 0.25) is 0 Å². The van der Waals surface area contributed by atoms with Crippen molar-refractivity contribution in [3.8, 4) is 0 Å².